The Morgan fingerprint density at radius 3 is 2.33 bits per heavy atom. The maximum atomic E-state index is 13.3. The van der Waals surface area contributed by atoms with Crippen molar-refractivity contribution in [3.63, 3.8) is 0 Å². The number of likely N-dealkylation sites (tertiary alicyclic amines) is 1. The van der Waals surface area contributed by atoms with E-state index in [4.69, 9.17) is 9.47 Å². The lowest BCUT2D eigenvalue weighted by molar-refractivity contribution is -0.129. The summed E-state index contributed by atoms with van der Waals surface area (Å²) in [5.41, 5.74) is 2.86. The fourth-order valence-corrected chi connectivity index (χ4v) is 5.62. The molecule has 1 aliphatic heterocycles. The highest BCUT2D eigenvalue weighted by molar-refractivity contribution is 7.93. The van der Waals surface area contributed by atoms with Crippen LogP contribution in [0.4, 0.5) is 17.3 Å². The second kappa shape index (κ2) is 11.1. The number of hydrogen-bond donors (Lipinski definition) is 2. The molecule has 1 aromatic heterocycles. The highest BCUT2D eigenvalue weighted by Gasteiger charge is 2.32. The first-order chi connectivity index (χ1) is 17.3. The molecule has 0 unspecified atom stereocenters. The Labute approximate surface area is 211 Å². The summed E-state index contributed by atoms with van der Waals surface area (Å²) < 4.78 is 40.0. The van der Waals surface area contributed by atoms with Gasteiger partial charge in [-0.05, 0) is 43.0 Å². The van der Waals surface area contributed by atoms with E-state index in [2.05, 4.69) is 20.0 Å². The van der Waals surface area contributed by atoms with Gasteiger partial charge in [0.05, 0.1) is 30.0 Å². The van der Waals surface area contributed by atoms with E-state index in [1.807, 2.05) is 36.4 Å². The first-order valence-electron chi connectivity index (χ1n) is 11.8. The third kappa shape index (κ3) is 5.85. The molecule has 11 heteroatoms. The summed E-state index contributed by atoms with van der Waals surface area (Å²) in [6.07, 6.45) is 1.35. The van der Waals surface area contributed by atoms with E-state index in [-0.39, 0.29) is 17.5 Å². The van der Waals surface area contributed by atoms with Crippen molar-refractivity contribution >= 4 is 44.3 Å². The molecule has 1 saturated heterocycles. The number of nitrogens with zero attached hydrogens (tertiary/aromatic N) is 3. The molecule has 0 atom stereocenters. The average molecular weight is 514 g/mol. The molecule has 2 heterocycles. The van der Waals surface area contributed by atoms with E-state index < -0.39 is 15.3 Å². The van der Waals surface area contributed by atoms with Crippen LogP contribution in [-0.4, -0.2) is 68.4 Å². The lowest BCUT2D eigenvalue weighted by Crippen LogP contribution is -2.43. The van der Waals surface area contributed by atoms with Crippen LogP contribution in [0.25, 0.3) is 11.0 Å². The highest BCUT2D eigenvalue weighted by atomic mass is 32.2. The van der Waals surface area contributed by atoms with Crippen molar-refractivity contribution in [3.05, 3.63) is 48.0 Å². The second-order valence-corrected chi connectivity index (χ2v) is 10.6. The number of carbonyl (C=O) groups is 1. The number of nitrogens with one attached hydrogen (secondary N) is 2. The number of ether oxygens (including phenoxy) is 2. The molecule has 36 heavy (non-hydrogen) atoms. The van der Waals surface area contributed by atoms with Crippen molar-refractivity contribution in [2.24, 2.45) is 0 Å². The molecule has 3 aromatic rings. The predicted octanol–water partition coefficient (Wildman–Crippen LogP) is 3.32. The van der Waals surface area contributed by atoms with Crippen LogP contribution < -0.4 is 14.8 Å². The van der Waals surface area contributed by atoms with E-state index >= 15 is 0 Å². The Morgan fingerprint density at radius 1 is 1.06 bits per heavy atom. The van der Waals surface area contributed by atoms with Gasteiger partial charge in [0, 0.05) is 38.9 Å². The van der Waals surface area contributed by atoms with Crippen molar-refractivity contribution in [2.45, 2.75) is 31.4 Å². The minimum atomic E-state index is -3.78. The number of methoxy groups -OCH3 is 2. The summed E-state index contributed by atoms with van der Waals surface area (Å²) in [6, 6.07) is 12.9. The Balaban J connectivity index is 1.68. The van der Waals surface area contributed by atoms with Crippen LogP contribution in [0.1, 0.15) is 25.3 Å². The molecular formula is C25H31N5O5S. The van der Waals surface area contributed by atoms with Gasteiger partial charge in [0.1, 0.15) is 5.75 Å². The maximum absolute atomic E-state index is 13.3. The van der Waals surface area contributed by atoms with Gasteiger partial charge in [-0.25, -0.2) is 18.4 Å². The van der Waals surface area contributed by atoms with E-state index in [0.717, 1.165) is 5.56 Å². The molecular weight excluding hydrogens is 482 g/mol. The van der Waals surface area contributed by atoms with Crippen molar-refractivity contribution < 1.29 is 22.7 Å². The van der Waals surface area contributed by atoms with E-state index in [1.165, 1.54) is 6.92 Å². The molecule has 1 fully saturated rings. The zero-order valence-corrected chi connectivity index (χ0v) is 21.5. The van der Waals surface area contributed by atoms with Gasteiger partial charge >= 0.3 is 0 Å². The normalized spacial score (nSPS) is 14.6. The third-order valence-corrected chi connectivity index (χ3v) is 8.11. The van der Waals surface area contributed by atoms with Crippen LogP contribution in [0.3, 0.4) is 0 Å². The third-order valence-electron chi connectivity index (χ3n) is 6.28. The quantitative estimate of drug-likeness (QED) is 0.447. The molecule has 1 aliphatic rings. The maximum Gasteiger partial charge on any atom is 0.237 e. The van der Waals surface area contributed by atoms with Gasteiger partial charge in [0.2, 0.25) is 15.9 Å². The number of anilines is 3. The fourth-order valence-electron chi connectivity index (χ4n) is 4.21. The Hall–Kier alpha value is -3.44. The van der Waals surface area contributed by atoms with Crippen LogP contribution in [0.15, 0.2) is 42.5 Å². The molecule has 0 bridgehead atoms. The highest BCUT2D eigenvalue weighted by Crippen LogP contribution is 2.31. The smallest absolute Gasteiger partial charge is 0.237 e. The van der Waals surface area contributed by atoms with Gasteiger partial charge in [-0.1, -0.05) is 18.2 Å². The zero-order chi connectivity index (χ0) is 25.7. The average Bonchev–Trinajstić information content (AvgIpc) is 2.88. The summed E-state index contributed by atoms with van der Waals surface area (Å²) in [5, 5.41) is 2.64. The van der Waals surface area contributed by atoms with Crippen LogP contribution in [0.2, 0.25) is 0 Å². The number of piperidine rings is 1. The van der Waals surface area contributed by atoms with Gasteiger partial charge in [0.25, 0.3) is 0 Å². The fraction of sp³-hybridized carbons (Fsp3) is 0.400. The van der Waals surface area contributed by atoms with Gasteiger partial charge in [-0.3, -0.25) is 9.52 Å². The Bertz CT molecular complexity index is 1340. The molecule has 10 nitrogen and oxygen atoms in total. The zero-order valence-electron chi connectivity index (χ0n) is 20.7. The summed E-state index contributed by atoms with van der Waals surface area (Å²) in [6.45, 7) is 2.82. The standard InChI is InChI=1S/C25H31N5O5S/c1-17(31)30-13-10-20(11-14-30)36(32,33)29-25-24(26-21-6-4-5-7-22(21)27-25)28-23-16-19(35-3)9-8-18(23)12-15-34-2/h4-9,16,20H,10-15H2,1-3H3,(H,26,28)(H,27,29). The molecule has 1 amide bonds. The topological polar surface area (TPSA) is 123 Å². The number of aromatic nitrogens is 2. The minimum Gasteiger partial charge on any atom is -0.497 e. The molecule has 0 radical (unpaired) electrons. The SMILES string of the molecule is COCCc1ccc(OC)cc1Nc1nc2ccccc2nc1NS(=O)(=O)C1CCN(C(C)=O)CC1. The number of amides is 1. The Morgan fingerprint density at radius 2 is 1.72 bits per heavy atom. The van der Waals surface area contributed by atoms with E-state index in [0.29, 0.717) is 61.4 Å². The van der Waals surface area contributed by atoms with Crippen molar-refractivity contribution in [1.82, 2.24) is 14.9 Å². The van der Waals surface area contributed by atoms with Crippen LogP contribution in [0, 0.1) is 0 Å². The summed E-state index contributed by atoms with van der Waals surface area (Å²) >= 11 is 0. The predicted molar refractivity (Wildman–Crippen MR) is 139 cm³/mol. The molecule has 4 rings (SSSR count). The number of sulfonamides is 1. The number of benzene rings is 2. The van der Waals surface area contributed by atoms with Gasteiger partial charge < -0.3 is 19.7 Å². The largest absolute Gasteiger partial charge is 0.497 e. The minimum absolute atomic E-state index is 0.0479. The van der Waals surface area contributed by atoms with Gasteiger partial charge in [0.15, 0.2) is 11.6 Å². The number of rotatable bonds is 9. The Kier molecular flexibility index (Phi) is 7.90. The number of carbonyl (C=O) groups excluding carboxylic acids is 1. The molecule has 0 aliphatic carbocycles. The summed E-state index contributed by atoms with van der Waals surface area (Å²) in [4.78, 5) is 22.6. The second-order valence-electron chi connectivity index (χ2n) is 8.65. The van der Waals surface area contributed by atoms with Crippen molar-refractivity contribution in [1.29, 1.82) is 0 Å². The number of fused-ring (bicyclic) bond motifs is 1. The number of hydrogen-bond acceptors (Lipinski definition) is 8. The number of para-hydroxylation sites is 2. The lowest BCUT2D eigenvalue weighted by Gasteiger charge is -2.31. The molecule has 0 spiro atoms. The monoisotopic (exact) mass is 513 g/mol. The molecule has 2 N–H and O–H groups in total. The molecule has 0 saturated carbocycles. The summed E-state index contributed by atoms with van der Waals surface area (Å²) in [7, 11) is -0.559. The first kappa shape index (κ1) is 25.6. The van der Waals surface area contributed by atoms with Gasteiger partial charge in [-0.15, -0.1) is 0 Å². The molecule has 192 valence electrons. The lowest BCUT2D eigenvalue weighted by atomic mass is 10.1. The van der Waals surface area contributed by atoms with Crippen molar-refractivity contribution in [3.8, 4) is 5.75 Å². The van der Waals surface area contributed by atoms with Crippen molar-refractivity contribution in [2.75, 3.05) is 44.0 Å². The van der Waals surface area contributed by atoms with Crippen LogP contribution in [-0.2, 0) is 26.0 Å². The van der Waals surface area contributed by atoms with E-state index in [9.17, 15) is 13.2 Å². The van der Waals surface area contributed by atoms with Gasteiger partial charge in [-0.2, -0.15) is 0 Å². The summed E-state index contributed by atoms with van der Waals surface area (Å²) in [5.74, 6) is 0.994. The van der Waals surface area contributed by atoms with E-state index in [1.54, 1.807) is 25.2 Å². The van der Waals surface area contributed by atoms with Crippen LogP contribution in [0.5, 0.6) is 5.75 Å². The molecule has 2 aromatic carbocycles. The van der Waals surface area contributed by atoms with Crippen LogP contribution >= 0.6 is 0 Å². The first-order valence-corrected chi connectivity index (χ1v) is 13.3.